The number of ketones is 1. The van der Waals surface area contributed by atoms with Crippen LogP contribution in [0.25, 0.3) is 0 Å². The van der Waals surface area contributed by atoms with Crippen LogP contribution in [0.4, 0.5) is 0 Å². The van der Waals surface area contributed by atoms with Crippen molar-refractivity contribution in [2.75, 3.05) is 5.75 Å². The molecule has 0 fully saturated rings. The molecule has 14 heavy (non-hydrogen) atoms. The highest BCUT2D eigenvalue weighted by Crippen LogP contribution is 2.34. The zero-order valence-corrected chi connectivity index (χ0v) is 8.21. The fraction of sp³-hybridized carbons (Fsp3) is 0.182. The maximum atomic E-state index is 11.2. The number of fused-ring (bicyclic) bond motifs is 1. The zero-order chi connectivity index (χ0) is 9.97. The molecule has 0 saturated heterocycles. The Kier molecular flexibility index (Phi) is 2.47. The quantitative estimate of drug-likeness (QED) is 0.515. The number of Topliss-reactive ketones (excluding diaryl/α,β-unsaturated/α-hetero) is 1. The number of hydrogen-bond acceptors (Lipinski definition) is 3. The van der Waals surface area contributed by atoms with Crippen LogP contribution in [0.5, 0.6) is 5.75 Å². The Labute approximate surface area is 86.6 Å². The van der Waals surface area contributed by atoms with E-state index in [1.165, 1.54) is 0 Å². The standard InChI is InChI=1S/C11H8O2S/c1-2-8(12)10-7-14-11-6-4-3-5-9(11)13-10/h1,3-6,10H,7H2. The van der Waals surface area contributed by atoms with Gasteiger partial charge < -0.3 is 4.74 Å². The molecule has 1 atom stereocenters. The highest BCUT2D eigenvalue weighted by molar-refractivity contribution is 7.99. The van der Waals surface area contributed by atoms with Gasteiger partial charge in [-0.05, 0) is 18.1 Å². The van der Waals surface area contributed by atoms with Gasteiger partial charge in [0.05, 0.1) is 0 Å². The van der Waals surface area contributed by atoms with E-state index in [0.717, 1.165) is 10.6 Å². The van der Waals surface area contributed by atoms with Crippen LogP contribution in [0, 0.1) is 12.3 Å². The molecule has 0 spiro atoms. The molecule has 2 nitrogen and oxygen atoms in total. The first-order valence-electron chi connectivity index (χ1n) is 4.20. The third-order valence-corrected chi connectivity index (χ3v) is 3.06. The lowest BCUT2D eigenvalue weighted by atomic mass is 10.2. The normalized spacial score (nSPS) is 18.9. The van der Waals surface area contributed by atoms with Crippen molar-refractivity contribution >= 4 is 17.5 Å². The van der Waals surface area contributed by atoms with Crippen LogP contribution in [0.3, 0.4) is 0 Å². The van der Waals surface area contributed by atoms with E-state index < -0.39 is 6.10 Å². The molecule has 0 bridgehead atoms. The first kappa shape index (κ1) is 9.17. The summed E-state index contributed by atoms with van der Waals surface area (Å²) in [4.78, 5) is 12.3. The SMILES string of the molecule is C#CC(=O)C1CSc2ccccc2O1. The molecule has 0 N–H and O–H groups in total. The van der Waals surface area contributed by atoms with Crippen LogP contribution in [-0.2, 0) is 4.79 Å². The summed E-state index contributed by atoms with van der Waals surface area (Å²) in [6.07, 6.45) is 4.55. The number of para-hydroxylation sites is 1. The van der Waals surface area contributed by atoms with Gasteiger partial charge in [-0.2, -0.15) is 0 Å². The lowest BCUT2D eigenvalue weighted by Crippen LogP contribution is -2.31. The van der Waals surface area contributed by atoms with Crippen molar-refractivity contribution in [1.82, 2.24) is 0 Å². The van der Waals surface area contributed by atoms with E-state index in [1.54, 1.807) is 11.8 Å². The monoisotopic (exact) mass is 204 g/mol. The van der Waals surface area contributed by atoms with E-state index >= 15 is 0 Å². The van der Waals surface area contributed by atoms with Gasteiger partial charge in [-0.25, -0.2) is 0 Å². The average Bonchev–Trinajstić information content (AvgIpc) is 2.27. The summed E-state index contributed by atoms with van der Waals surface area (Å²) >= 11 is 1.60. The lowest BCUT2D eigenvalue weighted by Gasteiger charge is -2.22. The molecule has 0 radical (unpaired) electrons. The fourth-order valence-electron chi connectivity index (χ4n) is 1.24. The molecule has 0 aliphatic carbocycles. The second kappa shape index (κ2) is 3.77. The van der Waals surface area contributed by atoms with Crippen molar-refractivity contribution in [3.63, 3.8) is 0 Å². The summed E-state index contributed by atoms with van der Waals surface area (Å²) in [6, 6.07) is 7.63. The summed E-state index contributed by atoms with van der Waals surface area (Å²) in [5.41, 5.74) is 0. The Bertz CT molecular complexity index is 406. The maximum Gasteiger partial charge on any atom is 0.246 e. The molecule has 1 unspecified atom stereocenters. The van der Waals surface area contributed by atoms with Gasteiger partial charge in [0, 0.05) is 10.6 Å². The Morgan fingerprint density at radius 1 is 1.57 bits per heavy atom. The van der Waals surface area contributed by atoms with Gasteiger partial charge in [0.2, 0.25) is 5.78 Å². The molecule has 1 aliphatic rings. The van der Waals surface area contributed by atoms with Crippen LogP contribution < -0.4 is 4.74 Å². The van der Waals surface area contributed by atoms with E-state index in [4.69, 9.17) is 11.2 Å². The smallest absolute Gasteiger partial charge is 0.246 e. The van der Waals surface area contributed by atoms with Crippen molar-refractivity contribution in [2.45, 2.75) is 11.0 Å². The molecule has 0 saturated carbocycles. The highest BCUT2D eigenvalue weighted by atomic mass is 32.2. The van der Waals surface area contributed by atoms with Gasteiger partial charge in [-0.15, -0.1) is 18.2 Å². The van der Waals surface area contributed by atoms with Crippen LogP contribution in [-0.4, -0.2) is 17.6 Å². The first-order valence-corrected chi connectivity index (χ1v) is 5.19. The number of carbonyl (C=O) groups excluding carboxylic acids is 1. The Hall–Kier alpha value is -1.40. The van der Waals surface area contributed by atoms with Crippen molar-refractivity contribution in [3.8, 4) is 18.1 Å². The Morgan fingerprint density at radius 2 is 2.36 bits per heavy atom. The molecule has 2 rings (SSSR count). The van der Waals surface area contributed by atoms with Crippen LogP contribution >= 0.6 is 11.8 Å². The molecule has 1 aromatic carbocycles. The Morgan fingerprint density at radius 3 is 3.14 bits per heavy atom. The molecule has 1 heterocycles. The predicted molar refractivity (Wildman–Crippen MR) is 55.4 cm³/mol. The third-order valence-electron chi connectivity index (χ3n) is 1.94. The molecular weight excluding hydrogens is 196 g/mol. The predicted octanol–water partition coefficient (Wildman–Crippen LogP) is 1.74. The molecular formula is C11H8O2S. The number of terminal acetylenes is 1. The summed E-state index contributed by atoms with van der Waals surface area (Å²) in [5.74, 6) is 3.15. The van der Waals surface area contributed by atoms with Gasteiger partial charge in [0.25, 0.3) is 0 Å². The lowest BCUT2D eigenvalue weighted by molar-refractivity contribution is -0.119. The van der Waals surface area contributed by atoms with E-state index in [9.17, 15) is 4.79 Å². The van der Waals surface area contributed by atoms with Crippen LogP contribution in [0.2, 0.25) is 0 Å². The molecule has 1 aliphatic heterocycles. The van der Waals surface area contributed by atoms with Crippen LogP contribution in [0.15, 0.2) is 29.2 Å². The molecule has 70 valence electrons. The number of rotatable bonds is 1. The first-order chi connectivity index (χ1) is 6.81. The minimum Gasteiger partial charge on any atom is -0.479 e. The second-order valence-electron chi connectivity index (χ2n) is 2.87. The van der Waals surface area contributed by atoms with Gasteiger partial charge in [-0.3, -0.25) is 4.79 Å². The molecule has 3 heteroatoms. The van der Waals surface area contributed by atoms with Crippen molar-refractivity contribution in [2.24, 2.45) is 0 Å². The number of benzene rings is 1. The van der Waals surface area contributed by atoms with Crippen molar-refractivity contribution in [1.29, 1.82) is 0 Å². The van der Waals surface area contributed by atoms with Crippen molar-refractivity contribution in [3.05, 3.63) is 24.3 Å². The van der Waals surface area contributed by atoms with Crippen LogP contribution in [0.1, 0.15) is 0 Å². The van der Waals surface area contributed by atoms with E-state index in [2.05, 4.69) is 5.92 Å². The van der Waals surface area contributed by atoms with Gasteiger partial charge in [-0.1, -0.05) is 12.1 Å². The maximum absolute atomic E-state index is 11.2. The van der Waals surface area contributed by atoms with E-state index in [-0.39, 0.29) is 5.78 Å². The zero-order valence-electron chi connectivity index (χ0n) is 7.40. The number of carbonyl (C=O) groups is 1. The minimum absolute atomic E-state index is 0.285. The summed E-state index contributed by atoms with van der Waals surface area (Å²) < 4.78 is 5.47. The van der Waals surface area contributed by atoms with Gasteiger partial charge >= 0.3 is 0 Å². The van der Waals surface area contributed by atoms with E-state index in [1.807, 2.05) is 24.3 Å². The average molecular weight is 204 g/mol. The number of ether oxygens (including phenoxy) is 1. The summed E-state index contributed by atoms with van der Waals surface area (Å²) in [5, 5.41) is 0. The number of hydrogen-bond donors (Lipinski definition) is 0. The molecule has 0 aromatic heterocycles. The van der Waals surface area contributed by atoms with Crippen molar-refractivity contribution < 1.29 is 9.53 Å². The minimum atomic E-state index is -0.486. The Balaban J connectivity index is 2.22. The van der Waals surface area contributed by atoms with E-state index in [0.29, 0.717) is 5.75 Å². The third kappa shape index (κ3) is 1.61. The largest absolute Gasteiger partial charge is 0.479 e. The number of thioether (sulfide) groups is 1. The molecule has 0 amide bonds. The fourth-order valence-corrected chi connectivity index (χ4v) is 2.23. The summed E-state index contributed by atoms with van der Waals surface area (Å²) in [7, 11) is 0. The highest BCUT2D eigenvalue weighted by Gasteiger charge is 2.24. The summed E-state index contributed by atoms with van der Waals surface area (Å²) in [6.45, 7) is 0. The molecule has 1 aromatic rings. The van der Waals surface area contributed by atoms with Gasteiger partial charge in [0.15, 0.2) is 6.10 Å². The topological polar surface area (TPSA) is 26.3 Å². The van der Waals surface area contributed by atoms with Gasteiger partial charge in [0.1, 0.15) is 5.75 Å². The second-order valence-corrected chi connectivity index (χ2v) is 3.93.